The zero-order valence-electron chi connectivity index (χ0n) is 25.8. The van der Waals surface area contributed by atoms with Crippen LogP contribution in [0, 0.1) is 0 Å². The highest BCUT2D eigenvalue weighted by molar-refractivity contribution is 5.84. The summed E-state index contributed by atoms with van der Waals surface area (Å²) in [6.07, 6.45) is 1.87. The van der Waals surface area contributed by atoms with Gasteiger partial charge in [0, 0.05) is 25.9 Å². The average Bonchev–Trinajstić information content (AvgIpc) is 2.82. The molecule has 0 bridgehead atoms. The molecular formula is C28H50N4O10. The molecule has 0 rings (SSSR count). The van der Waals surface area contributed by atoms with Crippen LogP contribution in [-0.2, 0) is 28.7 Å². The first-order chi connectivity index (χ1) is 19.4. The molecule has 14 nitrogen and oxygen atoms in total. The predicted octanol–water partition coefficient (Wildman–Crippen LogP) is 3.08. The SMILES string of the molecule is CC(C)(C)OC(=O)NCCCCC(NC(=O)CCCCC(=O)NC(CCCCNC(=O)OC(C)(C)C)C(=O)O)C(=O)O. The molecule has 0 saturated heterocycles. The van der Waals surface area contributed by atoms with Crippen molar-refractivity contribution in [2.75, 3.05) is 13.1 Å². The molecule has 0 radical (unpaired) electrons. The van der Waals surface area contributed by atoms with Crippen LogP contribution >= 0.6 is 0 Å². The highest BCUT2D eigenvalue weighted by Crippen LogP contribution is 2.09. The Balaban J connectivity index is 4.22. The number of carbonyl (C=O) groups excluding carboxylic acids is 4. The van der Waals surface area contributed by atoms with Gasteiger partial charge in [0.15, 0.2) is 0 Å². The van der Waals surface area contributed by atoms with Gasteiger partial charge in [0.25, 0.3) is 0 Å². The number of nitrogens with one attached hydrogen (secondary N) is 4. The zero-order chi connectivity index (χ0) is 32.3. The molecule has 0 saturated carbocycles. The van der Waals surface area contributed by atoms with Crippen molar-refractivity contribution in [3.63, 3.8) is 0 Å². The largest absolute Gasteiger partial charge is 0.480 e. The highest BCUT2D eigenvalue weighted by Gasteiger charge is 2.22. The number of amides is 4. The lowest BCUT2D eigenvalue weighted by Crippen LogP contribution is -2.41. The Bertz CT molecular complexity index is 824. The number of unbranched alkanes of at least 4 members (excludes halogenated alkanes) is 3. The molecule has 2 unspecified atom stereocenters. The quantitative estimate of drug-likeness (QED) is 0.119. The maximum Gasteiger partial charge on any atom is 0.407 e. The highest BCUT2D eigenvalue weighted by atomic mass is 16.6. The van der Waals surface area contributed by atoms with Gasteiger partial charge in [-0.05, 0) is 92.9 Å². The smallest absolute Gasteiger partial charge is 0.407 e. The summed E-state index contributed by atoms with van der Waals surface area (Å²) in [5, 5.41) is 28.9. The Labute approximate surface area is 248 Å². The van der Waals surface area contributed by atoms with Crippen molar-refractivity contribution in [1.82, 2.24) is 21.3 Å². The third kappa shape index (κ3) is 22.1. The lowest BCUT2D eigenvalue weighted by atomic mass is 10.1. The van der Waals surface area contributed by atoms with Gasteiger partial charge in [0.1, 0.15) is 23.3 Å². The molecule has 0 heterocycles. The Kier molecular flexibility index (Phi) is 17.9. The van der Waals surface area contributed by atoms with E-state index in [1.807, 2.05) is 0 Å². The third-order valence-electron chi connectivity index (χ3n) is 5.50. The predicted molar refractivity (Wildman–Crippen MR) is 154 cm³/mol. The van der Waals surface area contributed by atoms with E-state index in [-0.39, 0.29) is 25.7 Å². The molecule has 0 spiro atoms. The molecule has 0 aliphatic carbocycles. The summed E-state index contributed by atoms with van der Waals surface area (Å²) in [5.41, 5.74) is -1.23. The number of carboxylic acids is 2. The van der Waals surface area contributed by atoms with Gasteiger partial charge >= 0.3 is 24.1 Å². The van der Waals surface area contributed by atoms with Gasteiger partial charge in [-0.3, -0.25) is 9.59 Å². The second-order valence-electron chi connectivity index (χ2n) is 12.0. The van der Waals surface area contributed by atoms with Crippen LogP contribution in [0.15, 0.2) is 0 Å². The number of hydrogen-bond donors (Lipinski definition) is 6. The Morgan fingerprint density at radius 3 is 1.19 bits per heavy atom. The first kappa shape index (κ1) is 38.4. The van der Waals surface area contributed by atoms with Crippen molar-refractivity contribution in [2.24, 2.45) is 0 Å². The summed E-state index contributed by atoms with van der Waals surface area (Å²) >= 11 is 0. The van der Waals surface area contributed by atoms with Crippen LogP contribution in [0.2, 0.25) is 0 Å². The molecule has 0 aliphatic rings. The van der Waals surface area contributed by atoms with E-state index in [0.717, 1.165) is 0 Å². The van der Waals surface area contributed by atoms with Gasteiger partial charge in [-0.2, -0.15) is 0 Å². The van der Waals surface area contributed by atoms with Crippen molar-refractivity contribution in [2.45, 2.75) is 129 Å². The number of carbonyl (C=O) groups is 6. The number of aliphatic carboxylic acids is 2. The second-order valence-corrected chi connectivity index (χ2v) is 12.0. The summed E-state index contributed by atoms with van der Waals surface area (Å²) in [6.45, 7) is 11.1. The summed E-state index contributed by atoms with van der Waals surface area (Å²) < 4.78 is 10.2. The van der Waals surface area contributed by atoms with Gasteiger partial charge < -0.3 is 41.0 Å². The van der Waals surface area contributed by atoms with E-state index < -0.39 is 59.2 Å². The normalized spacial score (nSPS) is 12.8. The van der Waals surface area contributed by atoms with E-state index in [4.69, 9.17) is 9.47 Å². The molecule has 2 atom stereocenters. The molecule has 0 aliphatic heterocycles. The first-order valence-electron chi connectivity index (χ1n) is 14.4. The van der Waals surface area contributed by atoms with Crippen LogP contribution in [-0.4, -0.2) is 82.5 Å². The van der Waals surface area contributed by atoms with E-state index in [1.165, 1.54) is 0 Å². The molecule has 0 aromatic carbocycles. The number of ether oxygens (including phenoxy) is 2. The Morgan fingerprint density at radius 2 is 0.905 bits per heavy atom. The molecule has 42 heavy (non-hydrogen) atoms. The van der Waals surface area contributed by atoms with Gasteiger partial charge in [-0.15, -0.1) is 0 Å². The van der Waals surface area contributed by atoms with Gasteiger partial charge in [-0.1, -0.05) is 0 Å². The monoisotopic (exact) mass is 602 g/mol. The van der Waals surface area contributed by atoms with Gasteiger partial charge in [-0.25, -0.2) is 19.2 Å². The van der Waals surface area contributed by atoms with Crippen molar-refractivity contribution in [1.29, 1.82) is 0 Å². The number of hydrogen-bond acceptors (Lipinski definition) is 8. The fourth-order valence-electron chi connectivity index (χ4n) is 3.58. The van der Waals surface area contributed by atoms with Crippen molar-refractivity contribution in [3.8, 4) is 0 Å². The topological polar surface area (TPSA) is 209 Å². The number of rotatable bonds is 19. The first-order valence-corrected chi connectivity index (χ1v) is 14.4. The molecule has 242 valence electrons. The minimum atomic E-state index is -1.16. The van der Waals surface area contributed by atoms with E-state index >= 15 is 0 Å². The van der Waals surface area contributed by atoms with Crippen molar-refractivity contribution in [3.05, 3.63) is 0 Å². The summed E-state index contributed by atoms with van der Waals surface area (Å²) in [5.74, 6) is -3.25. The molecule has 0 aromatic heterocycles. The summed E-state index contributed by atoms with van der Waals surface area (Å²) in [7, 11) is 0. The molecule has 0 fully saturated rings. The summed E-state index contributed by atoms with van der Waals surface area (Å²) in [4.78, 5) is 70.7. The van der Waals surface area contributed by atoms with E-state index in [1.54, 1.807) is 41.5 Å². The summed E-state index contributed by atoms with van der Waals surface area (Å²) in [6, 6.07) is -2.14. The fraction of sp³-hybridized carbons (Fsp3) is 0.786. The lowest BCUT2D eigenvalue weighted by Gasteiger charge is -2.19. The average molecular weight is 603 g/mol. The minimum Gasteiger partial charge on any atom is -0.480 e. The zero-order valence-corrected chi connectivity index (χ0v) is 25.8. The maximum atomic E-state index is 12.2. The molecule has 6 N–H and O–H groups in total. The fourth-order valence-corrected chi connectivity index (χ4v) is 3.58. The number of carboxylic acid groups (broad SMARTS) is 2. The lowest BCUT2D eigenvalue weighted by molar-refractivity contribution is -0.142. The van der Waals surface area contributed by atoms with E-state index in [9.17, 15) is 39.0 Å². The van der Waals surface area contributed by atoms with Crippen LogP contribution in [0.1, 0.15) is 106 Å². The van der Waals surface area contributed by atoms with Crippen molar-refractivity contribution >= 4 is 35.9 Å². The molecule has 4 amide bonds. The van der Waals surface area contributed by atoms with Crippen LogP contribution in [0.5, 0.6) is 0 Å². The number of alkyl carbamates (subject to hydrolysis) is 2. The Hall–Kier alpha value is -3.58. The molecule has 0 aromatic rings. The third-order valence-corrected chi connectivity index (χ3v) is 5.50. The van der Waals surface area contributed by atoms with E-state index in [2.05, 4.69) is 21.3 Å². The van der Waals surface area contributed by atoms with Crippen LogP contribution in [0.25, 0.3) is 0 Å². The van der Waals surface area contributed by atoms with Crippen LogP contribution in [0.4, 0.5) is 9.59 Å². The Morgan fingerprint density at radius 1 is 0.571 bits per heavy atom. The minimum absolute atomic E-state index is 0.0181. The van der Waals surface area contributed by atoms with Crippen LogP contribution in [0.3, 0.4) is 0 Å². The molecular weight excluding hydrogens is 552 g/mol. The van der Waals surface area contributed by atoms with Crippen molar-refractivity contribution < 1.29 is 48.5 Å². The van der Waals surface area contributed by atoms with Gasteiger partial charge in [0.2, 0.25) is 11.8 Å². The molecule has 14 heteroatoms. The standard InChI is InChI=1S/C28H50N4O10/c1-27(2,3)41-25(39)29-17-11-9-13-19(23(35)36)31-21(33)15-7-8-16-22(34)32-20(24(37)38)14-10-12-18-30-26(40)42-28(4,5)6/h19-20H,7-18H2,1-6H3,(H,29,39)(H,30,40)(H,31,33)(H,32,34)(H,35,36)(H,37,38). The maximum absolute atomic E-state index is 12.2. The van der Waals surface area contributed by atoms with E-state index in [0.29, 0.717) is 51.6 Å². The van der Waals surface area contributed by atoms with Gasteiger partial charge in [0.05, 0.1) is 0 Å². The second kappa shape index (κ2) is 19.5. The van der Waals surface area contributed by atoms with Crippen LogP contribution < -0.4 is 21.3 Å².